The number of nitrogens with zero attached hydrogens (tertiary/aromatic N) is 5. The highest BCUT2D eigenvalue weighted by molar-refractivity contribution is 7.20. The Kier molecular flexibility index (Phi) is 13.0. The van der Waals surface area contributed by atoms with Crippen LogP contribution in [0.2, 0.25) is 0 Å². The van der Waals surface area contributed by atoms with Crippen molar-refractivity contribution in [2.24, 2.45) is 0 Å². The largest absolute Gasteiger partial charge is 0.309 e. The molecule has 5 nitrogen and oxygen atoms in total. The van der Waals surface area contributed by atoms with E-state index in [0.717, 1.165) is 33.2 Å². The maximum absolute atomic E-state index is 5.83. The van der Waals surface area contributed by atoms with Crippen molar-refractivity contribution < 1.29 is 0 Å². The molecule has 0 N–H and O–H groups in total. The number of hydrogen-bond donors (Lipinski definition) is 0. The van der Waals surface area contributed by atoms with Crippen molar-refractivity contribution in [2.45, 2.75) is 11.8 Å². The molecule has 3 aliphatic carbocycles. The first kappa shape index (κ1) is 55.7. The summed E-state index contributed by atoms with van der Waals surface area (Å²) >= 11 is 0. The van der Waals surface area contributed by atoms with E-state index in [0.29, 0.717) is 17.6 Å². The van der Waals surface area contributed by atoms with Gasteiger partial charge in [0.2, 0.25) is 5.95 Å². The standard InChI is InChI=1S/C89H61N5Si2/c1-8-32-62(33-9-1)93-77-52-26-24-50-73(77)82-79(93)56-54-75-81-71-48-22-23-49-72(71)84(85(75)82)86-76(81)55-57-80-83(86)74-51-25-27-53-78(74)94(80)89-91-87(60-30-28-46-69(58-60)95(63-34-10-2-11-35-63,64-36-12-3-13-37-64)65-38-14-4-15-39-65)90-88(92-89)61-31-29-47-70(59-61)96(66-40-16-5-17-41-66,67-42-18-6-19-43-67)68-44-20-7-21-45-68/h1-59,81,84H. The summed E-state index contributed by atoms with van der Waals surface area (Å²) in [6.45, 7) is 0. The molecule has 0 radical (unpaired) electrons. The number of rotatable bonds is 12. The molecule has 3 heterocycles. The van der Waals surface area contributed by atoms with Gasteiger partial charge in [-0.2, -0.15) is 9.97 Å². The fourth-order valence-electron chi connectivity index (χ4n) is 17.0. The Balaban J connectivity index is 0.881. The molecule has 0 saturated heterocycles. The van der Waals surface area contributed by atoms with Gasteiger partial charge >= 0.3 is 0 Å². The summed E-state index contributed by atoms with van der Waals surface area (Å²) in [6, 6.07) is 133. The summed E-state index contributed by atoms with van der Waals surface area (Å²) in [5, 5.41) is 15.2. The first-order valence-electron chi connectivity index (χ1n) is 33.2. The molecule has 20 rings (SSSR count). The van der Waals surface area contributed by atoms with Crippen LogP contribution in [-0.2, 0) is 0 Å². The van der Waals surface area contributed by atoms with Gasteiger partial charge in [-0.05, 0) is 111 Å². The maximum Gasteiger partial charge on any atom is 0.238 e. The molecule has 2 bridgehead atoms. The van der Waals surface area contributed by atoms with Crippen LogP contribution >= 0.6 is 0 Å². The molecular formula is C89H61N5Si2. The lowest BCUT2D eigenvalue weighted by Crippen LogP contribution is -2.74. The zero-order valence-electron chi connectivity index (χ0n) is 52.5. The fraction of sp³-hybridized carbons (Fsp3) is 0.0225. The van der Waals surface area contributed by atoms with E-state index in [1.165, 1.54) is 102 Å². The van der Waals surface area contributed by atoms with Crippen molar-refractivity contribution in [3.63, 3.8) is 0 Å². The van der Waals surface area contributed by atoms with Gasteiger partial charge in [0.15, 0.2) is 27.8 Å². The molecular weight excluding hydrogens is 1200 g/mol. The van der Waals surface area contributed by atoms with Crippen molar-refractivity contribution in [2.75, 3.05) is 0 Å². The maximum atomic E-state index is 5.83. The molecule has 7 heteroatoms. The van der Waals surface area contributed by atoms with E-state index in [2.05, 4.69) is 367 Å². The Morgan fingerprint density at radius 2 is 0.573 bits per heavy atom. The van der Waals surface area contributed by atoms with E-state index in [9.17, 15) is 0 Å². The molecule has 2 unspecified atom stereocenters. The van der Waals surface area contributed by atoms with Crippen LogP contribution in [0.1, 0.15) is 45.2 Å². The zero-order valence-corrected chi connectivity index (χ0v) is 54.5. The summed E-state index contributed by atoms with van der Waals surface area (Å²) in [5.74, 6) is 1.71. The summed E-state index contributed by atoms with van der Waals surface area (Å²) in [6.07, 6.45) is 0. The summed E-state index contributed by atoms with van der Waals surface area (Å²) in [4.78, 5) is 17.4. The molecule has 0 saturated carbocycles. The number of hydrogen-bond acceptors (Lipinski definition) is 3. The molecule has 3 aromatic heterocycles. The summed E-state index contributed by atoms with van der Waals surface area (Å²) < 4.78 is 4.81. The number of benzene rings is 14. The van der Waals surface area contributed by atoms with Gasteiger partial charge in [-0.15, -0.1) is 0 Å². The Morgan fingerprint density at radius 3 is 0.990 bits per heavy atom. The second-order valence-corrected chi connectivity index (χ2v) is 33.2. The lowest BCUT2D eigenvalue weighted by molar-refractivity contribution is 0.768. The number of fused-ring (bicyclic) bond motifs is 6. The highest BCUT2D eigenvalue weighted by atomic mass is 28.3. The van der Waals surface area contributed by atoms with Gasteiger partial charge < -0.3 is 4.57 Å². The Morgan fingerprint density at radius 1 is 0.240 bits per heavy atom. The van der Waals surface area contributed by atoms with Gasteiger partial charge in [0.25, 0.3) is 0 Å². The van der Waals surface area contributed by atoms with Crippen LogP contribution in [-0.4, -0.2) is 40.2 Å². The highest BCUT2D eigenvalue weighted by Crippen LogP contribution is 2.60. The van der Waals surface area contributed by atoms with Gasteiger partial charge in [0, 0.05) is 50.2 Å². The van der Waals surface area contributed by atoms with Crippen LogP contribution < -0.4 is 41.5 Å². The summed E-state index contributed by atoms with van der Waals surface area (Å²) in [5.41, 5.74) is 15.7. The SMILES string of the molecule is c1ccc(-n2c3ccccc3c3c4c(ccc32)C2c3ccccc3C4c3c2ccc2c3c3ccccc3n2-c2nc(-c3cccc([Si](c4ccccc4)(c4ccccc4)c4ccccc4)c3)nc(-c3cccc([Si](c4ccccc4)(c4ccccc4)c4ccccc4)c3)n2)cc1. The van der Waals surface area contributed by atoms with Gasteiger partial charge in [0.1, 0.15) is 0 Å². The number of para-hydroxylation sites is 3. The van der Waals surface area contributed by atoms with Crippen LogP contribution in [0, 0.1) is 0 Å². The zero-order chi connectivity index (χ0) is 63.3. The first-order chi connectivity index (χ1) is 47.7. The van der Waals surface area contributed by atoms with Crippen LogP contribution in [0.4, 0.5) is 0 Å². The van der Waals surface area contributed by atoms with Crippen molar-refractivity contribution in [3.05, 3.63) is 391 Å². The van der Waals surface area contributed by atoms with Gasteiger partial charge in [-0.25, -0.2) is 4.98 Å². The highest BCUT2D eigenvalue weighted by Gasteiger charge is 2.46. The van der Waals surface area contributed by atoms with E-state index in [-0.39, 0.29) is 11.8 Å². The minimum absolute atomic E-state index is 0.0255. The van der Waals surface area contributed by atoms with Gasteiger partial charge in [0.05, 0.1) is 22.1 Å². The van der Waals surface area contributed by atoms with E-state index >= 15 is 0 Å². The molecule has 450 valence electrons. The van der Waals surface area contributed by atoms with Crippen LogP contribution in [0.3, 0.4) is 0 Å². The predicted octanol–water partition coefficient (Wildman–Crippen LogP) is 15.1. The topological polar surface area (TPSA) is 48.5 Å². The Labute approximate surface area is 559 Å². The second kappa shape index (κ2) is 22.4. The minimum atomic E-state index is -3.00. The molecule has 2 atom stereocenters. The molecule has 17 aromatic rings. The van der Waals surface area contributed by atoms with Crippen LogP contribution in [0.5, 0.6) is 0 Å². The number of aromatic nitrogens is 5. The molecule has 3 aliphatic rings. The second-order valence-electron chi connectivity index (χ2n) is 25.6. The Hall–Kier alpha value is -11.9. The molecule has 0 spiro atoms. The third-order valence-corrected chi connectivity index (χ3v) is 30.4. The lowest BCUT2D eigenvalue weighted by Gasteiger charge is -2.43. The monoisotopic (exact) mass is 1260 g/mol. The Bertz CT molecular complexity index is 5460. The molecule has 96 heavy (non-hydrogen) atoms. The molecule has 0 amide bonds. The average molecular weight is 1260 g/mol. The third-order valence-electron chi connectivity index (χ3n) is 20.8. The van der Waals surface area contributed by atoms with E-state index < -0.39 is 16.1 Å². The van der Waals surface area contributed by atoms with E-state index in [1.54, 1.807) is 0 Å². The van der Waals surface area contributed by atoms with Gasteiger partial charge in [-0.3, -0.25) is 4.57 Å². The van der Waals surface area contributed by atoms with Crippen molar-refractivity contribution >= 4 is 101 Å². The smallest absolute Gasteiger partial charge is 0.238 e. The quantitative estimate of drug-likeness (QED) is 0.0905. The molecule has 0 aliphatic heterocycles. The minimum Gasteiger partial charge on any atom is -0.309 e. The third kappa shape index (κ3) is 8.30. The molecule has 0 fully saturated rings. The summed E-state index contributed by atoms with van der Waals surface area (Å²) in [7, 11) is -6.00. The average Bonchev–Trinajstić information content (AvgIpc) is 1.33. The van der Waals surface area contributed by atoms with Crippen LogP contribution in [0.25, 0.3) is 78.0 Å². The van der Waals surface area contributed by atoms with Crippen molar-refractivity contribution in [1.29, 1.82) is 0 Å². The van der Waals surface area contributed by atoms with E-state index in [1.807, 2.05) is 0 Å². The molecule has 14 aromatic carbocycles. The fourth-order valence-corrected chi connectivity index (χ4v) is 26.6. The van der Waals surface area contributed by atoms with Gasteiger partial charge in [-0.1, -0.05) is 322 Å². The van der Waals surface area contributed by atoms with Crippen molar-refractivity contribution in [3.8, 4) is 34.4 Å². The first-order valence-corrected chi connectivity index (χ1v) is 37.2. The lowest BCUT2D eigenvalue weighted by atomic mass is 9.59. The van der Waals surface area contributed by atoms with Crippen molar-refractivity contribution in [1.82, 2.24) is 24.1 Å². The van der Waals surface area contributed by atoms with Crippen LogP contribution in [0.15, 0.2) is 358 Å². The predicted molar refractivity (Wildman–Crippen MR) is 401 cm³/mol. The van der Waals surface area contributed by atoms with E-state index in [4.69, 9.17) is 15.0 Å². The normalized spacial score (nSPS) is 14.0.